The SMILES string of the molecule is Cc1ccc(S(=O)(=O)Nc2ccc(Nc3cc(-c4ccc(OCCCN5CCN(C)CC5)cc4)ncn3)cc2)cc1. The average Bonchev–Trinajstić information content (AvgIpc) is 2.98. The molecule has 0 saturated carbocycles. The molecule has 214 valence electrons. The van der Waals surface area contributed by atoms with Gasteiger partial charge in [-0.15, -0.1) is 0 Å². The van der Waals surface area contributed by atoms with E-state index in [4.69, 9.17) is 4.74 Å². The monoisotopic (exact) mass is 572 g/mol. The molecule has 1 aliphatic rings. The molecule has 1 aliphatic heterocycles. The first kappa shape index (κ1) is 28.5. The quantitative estimate of drug-likeness (QED) is 0.242. The summed E-state index contributed by atoms with van der Waals surface area (Å²) >= 11 is 0. The molecule has 0 bridgehead atoms. The highest BCUT2D eigenvalue weighted by Crippen LogP contribution is 2.25. The number of likely N-dealkylation sites (N-methyl/N-ethyl adjacent to an activating group) is 1. The van der Waals surface area contributed by atoms with Crippen LogP contribution in [0.5, 0.6) is 5.75 Å². The fourth-order valence-electron chi connectivity index (χ4n) is 4.56. The first-order chi connectivity index (χ1) is 19.8. The maximum atomic E-state index is 12.7. The van der Waals surface area contributed by atoms with Crippen LogP contribution in [-0.4, -0.2) is 74.6 Å². The minimum Gasteiger partial charge on any atom is -0.494 e. The van der Waals surface area contributed by atoms with E-state index in [0.29, 0.717) is 18.1 Å². The second-order valence-electron chi connectivity index (χ2n) is 10.3. The summed E-state index contributed by atoms with van der Waals surface area (Å²) < 4.78 is 33.9. The molecule has 0 amide bonds. The lowest BCUT2D eigenvalue weighted by molar-refractivity contribution is 0.145. The minimum atomic E-state index is -3.66. The van der Waals surface area contributed by atoms with Crippen LogP contribution in [0.4, 0.5) is 17.2 Å². The number of aryl methyl sites for hydroxylation is 1. The van der Waals surface area contributed by atoms with Gasteiger partial charge in [0.15, 0.2) is 0 Å². The van der Waals surface area contributed by atoms with Crippen LogP contribution < -0.4 is 14.8 Å². The van der Waals surface area contributed by atoms with Gasteiger partial charge in [-0.3, -0.25) is 4.72 Å². The van der Waals surface area contributed by atoms with Crippen LogP contribution in [0.25, 0.3) is 11.3 Å². The van der Waals surface area contributed by atoms with E-state index in [0.717, 1.165) is 67.4 Å². The Morgan fingerprint density at radius 1 is 0.854 bits per heavy atom. The molecule has 0 unspecified atom stereocenters. The molecular weight excluding hydrogens is 536 g/mol. The van der Waals surface area contributed by atoms with Gasteiger partial charge in [-0.25, -0.2) is 18.4 Å². The van der Waals surface area contributed by atoms with Gasteiger partial charge in [0, 0.05) is 55.7 Å². The zero-order valence-electron chi connectivity index (χ0n) is 23.5. The topological polar surface area (TPSA) is 99.7 Å². The van der Waals surface area contributed by atoms with E-state index in [2.05, 4.69) is 36.9 Å². The van der Waals surface area contributed by atoms with E-state index in [1.54, 1.807) is 48.5 Å². The Labute approximate surface area is 242 Å². The molecule has 10 heteroatoms. The number of nitrogens with one attached hydrogen (secondary N) is 2. The number of hydrogen-bond donors (Lipinski definition) is 2. The number of anilines is 3. The molecule has 1 aromatic heterocycles. The Morgan fingerprint density at radius 3 is 2.24 bits per heavy atom. The number of benzene rings is 3. The second kappa shape index (κ2) is 13.1. The second-order valence-corrected chi connectivity index (χ2v) is 12.0. The maximum Gasteiger partial charge on any atom is 0.261 e. The first-order valence-electron chi connectivity index (χ1n) is 13.8. The lowest BCUT2D eigenvalue weighted by Crippen LogP contribution is -2.44. The molecule has 4 aromatic rings. The summed E-state index contributed by atoms with van der Waals surface area (Å²) in [6.07, 6.45) is 2.52. The number of piperazine rings is 1. The van der Waals surface area contributed by atoms with Crippen LogP contribution in [0.1, 0.15) is 12.0 Å². The average molecular weight is 573 g/mol. The van der Waals surface area contributed by atoms with Crippen molar-refractivity contribution in [1.82, 2.24) is 19.8 Å². The Morgan fingerprint density at radius 2 is 1.54 bits per heavy atom. The van der Waals surface area contributed by atoms with Gasteiger partial charge in [-0.1, -0.05) is 17.7 Å². The molecule has 2 heterocycles. The fraction of sp³-hybridized carbons (Fsp3) is 0.290. The molecule has 2 N–H and O–H groups in total. The van der Waals surface area contributed by atoms with Crippen LogP contribution in [0.2, 0.25) is 0 Å². The van der Waals surface area contributed by atoms with Crippen LogP contribution in [-0.2, 0) is 10.0 Å². The Bertz CT molecular complexity index is 1520. The van der Waals surface area contributed by atoms with Gasteiger partial charge in [0.05, 0.1) is 17.2 Å². The van der Waals surface area contributed by atoms with Gasteiger partial charge in [0.25, 0.3) is 10.0 Å². The number of sulfonamides is 1. The predicted octanol–water partition coefficient (Wildman–Crippen LogP) is 5.01. The van der Waals surface area contributed by atoms with Crippen molar-refractivity contribution in [3.63, 3.8) is 0 Å². The van der Waals surface area contributed by atoms with E-state index in [1.165, 1.54) is 6.33 Å². The van der Waals surface area contributed by atoms with Crippen molar-refractivity contribution < 1.29 is 13.2 Å². The fourth-order valence-corrected chi connectivity index (χ4v) is 5.61. The van der Waals surface area contributed by atoms with Crippen LogP contribution in [0.15, 0.2) is 90.1 Å². The van der Waals surface area contributed by atoms with Gasteiger partial charge in [-0.05, 0) is 81.1 Å². The van der Waals surface area contributed by atoms with Gasteiger partial charge < -0.3 is 19.9 Å². The summed E-state index contributed by atoms with van der Waals surface area (Å²) in [7, 11) is -1.49. The van der Waals surface area contributed by atoms with E-state index in [1.807, 2.05) is 37.3 Å². The third-order valence-corrected chi connectivity index (χ3v) is 8.44. The van der Waals surface area contributed by atoms with Crippen LogP contribution in [0.3, 0.4) is 0 Å². The molecular formula is C31H36N6O3S. The highest BCUT2D eigenvalue weighted by molar-refractivity contribution is 7.92. The lowest BCUT2D eigenvalue weighted by atomic mass is 10.1. The smallest absolute Gasteiger partial charge is 0.261 e. The predicted molar refractivity (Wildman–Crippen MR) is 163 cm³/mol. The molecule has 0 aliphatic carbocycles. The number of ether oxygens (including phenoxy) is 1. The summed E-state index contributed by atoms with van der Waals surface area (Å²) in [5.74, 6) is 1.48. The van der Waals surface area contributed by atoms with E-state index in [-0.39, 0.29) is 4.90 Å². The zero-order valence-corrected chi connectivity index (χ0v) is 24.3. The van der Waals surface area contributed by atoms with Crippen molar-refractivity contribution in [3.8, 4) is 17.0 Å². The van der Waals surface area contributed by atoms with Gasteiger partial charge in [0.1, 0.15) is 17.9 Å². The summed E-state index contributed by atoms with van der Waals surface area (Å²) in [6.45, 7) is 8.19. The highest BCUT2D eigenvalue weighted by atomic mass is 32.2. The number of nitrogens with zero attached hydrogens (tertiary/aromatic N) is 4. The number of aromatic nitrogens is 2. The molecule has 5 rings (SSSR count). The van der Waals surface area contributed by atoms with E-state index in [9.17, 15) is 8.42 Å². The van der Waals surface area contributed by atoms with E-state index < -0.39 is 10.0 Å². The number of rotatable bonds is 11. The Kier molecular flexibility index (Phi) is 9.13. The maximum absolute atomic E-state index is 12.7. The third kappa shape index (κ3) is 8.03. The summed E-state index contributed by atoms with van der Waals surface area (Å²) in [5, 5.41) is 3.26. The first-order valence-corrected chi connectivity index (χ1v) is 15.3. The molecule has 0 atom stereocenters. The summed E-state index contributed by atoms with van der Waals surface area (Å²) in [5.41, 5.74) is 3.99. The molecule has 41 heavy (non-hydrogen) atoms. The molecule has 3 aromatic carbocycles. The molecule has 0 radical (unpaired) electrons. The van der Waals surface area contributed by atoms with Crippen LogP contribution in [0, 0.1) is 6.92 Å². The van der Waals surface area contributed by atoms with Gasteiger partial charge in [0.2, 0.25) is 0 Å². The van der Waals surface area contributed by atoms with Crippen molar-refractivity contribution in [1.29, 1.82) is 0 Å². The van der Waals surface area contributed by atoms with Gasteiger partial charge in [-0.2, -0.15) is 0 Å². The van der Waals surface area contributed by atoms with Crippen molar-refractivity contribution in [2.24, 2.45) is 0 Å². The zero-order chi connectivity index (χ0) is 28.7. The van der Waals surface area contributed by atoms with E-state index >= 15 is 0 Å². The standard InChI is InChI=1S/C31H36N6O3S/c1-24-4-14-29(15-5-24)41(38,39)35-27-10-8-26(9-11-27)34-31-22-30(32-23-33-31)25-6-12-28(13-7-25)40-21-3-16-37-19-17-36(2)18-20-37/h4-15,22-23,35H,3,16-21H2,1-2H3,(H,32,33,34). The Balaban J connectivity index is 1.13. The largest absolute Gasteiger partial charge is 0.494 e. The Hall–Kier alpha value is -3.99. The molecule has 0 spiro atoms. The molecule has 9 nitrogen and oxygen atoms in total. The van der Waals surface area contributed by atoms with Crippen molar-refractivity contribution in [2.45, 2.75) is 18.2 Å². The van der Waals surface area contributed by atoms with Crippen molar-refractivity contribution >= 4 is 27.2 Å². The third-order valence-electron chi connectivity index (χ3n) is 7.04. The van der Waals surface area contributed by atoms with Crippen molar-refractivity contribution in [2.75, 3.05) is 56.4 Å². The van der Waals surface area contributed by atoms with Crippen LogP contribution >= 0.6 is 0 Å². The summed E-state index contributed by atoms with van der Waals surface area (Å²) in [6, 6.07) is 23.6. The minimum absolute atomic E-state index is 0.222. The number of hydrogen-bond acceptors (Lipinski definition) is 8. The molecule has 1 fully saturated rings. The normalized spacial score (nSPS) is 14.5. The summed E-state index contributed by atoms with van der Waals surface area (Å²) in [4.78, 5) is 13.8. The van der Waals surface area contributed by atoms with Crippen molar-refractivity contribution in [3.05, 3.63) is 90.8 Å². The molecule has 1 saturated heterocycles. The lowest BCUT2D eigenvalue weighted by Gasteiger charge is -2.32. The van der Waals surface area contributed by atoms with Gasteiger partial charge >= 0.3 is 0 Å². The highest BCUT2D eigenvalue weighted by Gasteiger charge is 2.14.